The van der Waals surface area contributed by atoms with Crippen molar-refractivity contribution in [1.82, 2.24) is 5.32 Å². The molecule has 0 aliphatic rings. The number of esters is 1. The van der Waals surface area contributed by atoms with Crippen molar-refractivity contribution < 1.29 is 9.53 Å². The summed E-state index contributed by atoms with van der Waals surface area (Å²) in [4.78, 5) is 10.9. The minimum Gasteiger partial charge on any atom is -0.443 e. The van der Waals surface area contributed by atoms with Crippen LogP contribution in [0.5, 0.6) is 0 Å². The van der Waals surface area contributed by atoms with Gasteiger partial charge >= 0.3 is 5.97 Å². The second-order valence-corrected chi connectivity index (χ2v) is 2.87. The number of hydrogen-bond acceptors (Lipinski definition) is 3. The largest absolute Gasteiger partial charge is 0.443 e. The normalized spacial score (nSPS) is 12.2. The Morgan fingerprint density at radius 3 is 2.69 bits per heavy atom. The highest BCUT2D eigenvalue weighted by atomic mass is 16.6. The zero-order valence-corrected chi connectivity index (χ0v) is 8.51. The van der Waals surface area contributed by atoms with E-state index >= 15 is 0 Å². The summed E-state index contributed by atoms with van der Waals surface area (Å²) in [7, 11) is 0. The molecule has 0 aliphatic heterocycles. The minimum absolute atomic E-state index is 0.157. The summed E-state index contributed by atoms with van der Waals surface area (Å²) >= 11 is 0. The summed E-state index contributed by atoms with van der Waals surface area (Å²) in [6, 6.07) is 0. The fourth-order valence-electron chi connectivity index (χ4n) is 0.958. The van der Waals surface area contributed by atoms with E-state index in [1.807, 2.05) is 0 Å². The van der Waals surface area contributed by atoms with E-state index < -0.39 is 0 Å². The Bertz CT molecular complexity index is 157. The van der Waals surface area contributed by atoms with Crippen molar-refractivity contribution in [3.8, 4) is 0 Å². The lowest BCUT2D eigenvalue weighted by atomic mass is 10.3. The van der Waals surface area contributed by atoms with E-state index in [4.69, 9.17) is 4.74 Å². The van der Waals surface area contributed by atoms with Gasteiger partial charge in [0.2, 0.25) is 0 Å². The fourth-order valence-corrected chi connectivity index (χ4v) is 0.958. The van der Waals surface area contributed by atoms with Crippen molar-refractivity contribution in [1.29, 1.82) is 0 Å². The summed E-state index contributed by atoms with van der Waals surface area (Å²) in [5.74, 6) is -0.359. The van der Waals surface area contributed by atoms with Crippen molar-refractivity contribution in [3.63, 3.8) is 0 Å². The Morgan fingerprint density at radius 2 is 2.23 bits per heavy atom. The van der Waals surface area contributed by atoms with Crippen LogP contribution in [0.1, 0.15) is 33.1 Å². The van der Waals surface area contributed by atoms with Gasteiger partial charge in [-0.25, -0.2) is 4.79 Å². The molecule has 1 N–H and O–H groups in total. The molecule has 0 aromatic carbocycles. The smallest absolute Gasteiger partial charge is 0.331 e. The van der Waals surface area contributed by atoms with Gasteiger partial charge in [0.25, 0.3) is 0 Å². The van der Waals surface area contributed by atoms with E-state index in [2.05, 4.69) is 25.7 Å². The average Bonchev–Trinajstić information content (AvgIpc) is 2.14. The van der Waals surface area contributed by atoms with Gasteiger partial charge in [-0.1, -0.05) is 26.8 Å². The number of ether oxygens (including phenoxy) is 1. The zero-order chi connectivity index (χ0) is 10.1. The van der Waals surface area contributed by atoms with Crippen molar-refractivity contribution in [2.24, 2.45) is 0 Å². The molecule has 13 heavy (non-hydrogen) atoms. The number of nitrogens with one attached hydrogen (secondary N) is 1. The molecule has 0 aromatic rings. The molecule has 0 spiro atoms. The second kappa shape index (κ2) is 7.80. The highest BCUT2D eigenvalue weighted by Gasteiger charge is 2.09. The van der Waals surface area contributed by atoms with Gasteiger partial charge in [-0.2, -0.15) is 0 Å². The lowest BCUT2D eigenvalue weighted by Crippen LogP contribution is -2.33. The molecular weight excluding hydrogens is 166 g/mol. The molecule has 3 heteroatoms. The van der Waals surface area contributed by atoms with E-state index in [9.17, 15) is 4.79 Å². The molecule has 0 rings (SSSR count). The molecule has 1 atom stereocenters. The third-order valence-electron chi connectivity index (χ3n) is 1.60. The lowest BCUT2D eigenvalue weighted by molar-refractivity contribution is -0.144. The van der Waals surface area contributed by atoms with E-state index in [-0.39, 0.29) is 12.2 Å². The average molecular weight is 185 g/mol. The van der Waals surface area contributed by atoms with Gasteiger partial charge in [0.1, 0.15) is 0 Å². The first-order valence-corrected chi connectivity index (χ1v) is 4.81. The van der Waals surface area contributed by atoms with Crippen LogP contribution in [0.4, 0.5) is 0 Å². The summed E-state index contributed by atoms with van der Waals surface area (Å²) in [5.41, 5.74) is 0. The van der Waals surface area contributed by atoms with Crippen molar-refractivity contribution in [2.45, 2.75) is 39.3 Å². The van der Waals surface area contributed by atoms with Crippen LogP contribution >= 0.6 is 0 Å². The molecule has 0 aromatic heterocycles. The first-order chi connectivity index (χ1) is 6.24. The maximum absolute atomic E-state index is 10.9. The first kappa shape index (κ1) is 12.2. The van der Waals surface area contributed by atoms with Gasteiger partial charge in [-0.15, -0.1) is 0 Å². The predicted octanol–water partition coefficient (Wildman–Crippen LogP) is 1.84. The van der Waals surface area contributed by atoms with E-state index in [1.54, 1.807) is 0 Å². The van der Waals surface area contributed by atoms with Crippen molar-refractivity contribution in [2.75, 3.05) is 6.54 Å². The number of rotatable bonds is 7. The second-order valence-electron chi connectivity index (χ2n) is 2.87. The molecule has 0 saturated carbocycles. The van der Waals surface area contributed by atoms with Crippen LogP contribution < -0.4 is 5.32 Å². The molecule has 0 heterocycles. The van der Waals surface area contributed by atoms with Gasteiger partial charge in [-0.3, -0.25) is 5.32 Å². The Kier molecular flexibility index (Phi) is 7.30. The Morgan fingerprint density at radius 1 is 1.54 bits per heavy atom. The first-order valence-electron chi connectivity index (χ1n) is 4.81. The molecule has 0 amide bonds. The predicted molar refractivity (Wildman–Crippen MR) is 53.3 cm³/mol. The molecular formula is C10H19NO2. The van der Waals surface area contributed by atoms with Gasteiger partial charge in [-0.05, 0) is 19.4 Å². The molecule has 3 nitrogen and oxygen atoms in total. The fraction of sp³-hybridized carbons (Fsp3) is 0.700. The van der Waals surface area contributed by atoms with E-state index in [0.29, 0.717) is 0 Å². The van der Waals surface area contributed by atoms with Crippen LogP contribution in [-0.2, 0) is 9.53 Å². The Hall–Kier alpha value is -0.830. The standard InChI is InChI=1S/C10H19NO2/c1-4-7-9(11-8-5-2)13-10(12)6-3/h6,9,11H,3-5,7-8H2,1-2H3. The van der Waals surface area contributed by atoms with Gasteiger partial charge < -0.3 is 4.74 Å². The molecule has 0 bridgehead atoms. The third kappa shape index (κ3) is 6.34. The maximum atomic E-state index is 10.9. The number of carbonyl (C=O) groups is 1. The minimum atomic E-state index is -0.359. The van der Waals surface area contributed by atoms with Crippen LogP contribution in [0.3, 0.4) is 0 Å². The zero-order valence-electron chi connectivity index (χ0n) is 8.51. The monoisotopic (exact) mass is 185 g/mol. The van der Waals surface area contributed by atoms with Crippen LogP contribution in [0.2, 0.25) is 0 Å². The van der Waals surface area contributed by atoms with E-state index in [0.717, 1.165) is 25.8 Å². The van der Waals surface area contributed by atoms with E-state index in [1.165, 1.54) is 6.08 Å². The molecule has 0 saturated heterocycles. The van der Waals surface area contributed by atoms with Crippen molar-refractivity contribution >= 4 is 5.97 Å². The third-order valence-corrected chi connectivity index (χ3v) is 1.60. The van der Waals surface area contributed by atoms with Gasteiger partial charge in [0.05, 0.1) is 0 Å². The van der Waals surface area contributed by atoms with Crippen LogP contribution in [0.25, 0.3) is 0 Å². The quantitative estimate of drug-likeness (QED) is 0.373. The van der Waals surface area contributed by atoms with Crippen molar-refractivity contribution in [3.05, 3.63) is 12.7 Å². The van der Waals surface area contributed by atoms with Crippen LogP contribution in [-0.4, -0.2) is 18.7 Å². The van der Waals surface area contributed by atoms with Crippen LogP contribution in [0.15, 0.2) is 12.7 Å². The Balaban J connectivity index is 3.78. The summed E-state index contributed by atoms with van der Waals surface area (Å²) < 4.78 is 5.07. The highest BCUT2D eigenvalue weighted by molar-refractivity contribution is 5.81. The molecule has 0 aliphatic carbocycles. The molecule has 1 unspecified atom stereocenters. The number of carbonyl (C=O) groups excluding carboxylic acids is 1. The summed E-state index contributed by atoms with van der Waals surface area (Å²) in [6.07, 6.45) is 3.91. The summed E-state index contributed by atoms with van der Waals surface area (Å²) in [5, 5.41) is 3.14. The van der Waals surface area contributed by atoms with Gasteiger partial charge in [0.15, 0.2) is 6.23 Å². The highest BCUT2D eigenvalue weighted by Crippen LogP contribution is 1.99. The molecule has 76 valence electrons. The SMILES string of the molecule is C=CC(=O)OC(CCC)NCCC. The molecule has 0 radical (unpaired) electrons. The number of hydrogen-bond donors (Lipinski definition) is 1. The molecule has 0 fully saturated rings. The Labute approximate surface area is 80.2 Å². The topological polar surface area (TPSA) is 38.3 Å². The van der Waals surface area contributed by atoms with Crippen LogP contribution in [0, 0.1) is 0 Å². The lowest BCUT2D eigenvalue weighted by Gasteiger charge is -2.17. The summed E-state index contributed by atoms with van der Waals surface area (Å²) in [6.45, 7) is 8.35. The maximum Gasteiger partial charge on any atom is 0.331 e. The van der Waals surface area contributed by atoms with Gasteiger partial charge in [0, 0.05) is 6.08 Å².